The minimum absolute atomic E-state index is 0.320. The summed E-state index contributed by atoms with van der Waals surface area (Å²) in [7, 11) is 0. The van der Waals surface area contributed by atoms with E-state index in [4.69, 9.17) is 0 Å². The first-order chi connectivity index (χ1) is 8.18. The smallest absolute Gasteiger partial charge is 0.0393 e. The summed E-state index contributed by atoms with van der Waals surface area (Å²) in [5, 5.41) is 5.76. The molecule has 0 saturated heterocycles. The largest absolute Gasteiger partial charge is 0.303 e. The predicted molar refractivity (Wildman–Crippen MR) is 73.3 cm³/mol. The van der Waals surface area contributed by atoms with E-state index >= 15 is 0 Å². The molecule has 0 aromatic carbocycles. The van der Waals surface area contributed by atoms with E-state index in [1.807, 2.05) is 29.8 Å². The van der Waals surface area contributed by atoms with E-state index in [0.29, 0.717) is 12.1 Å². The molecular weight excluding hydrogens is 228 g/mol. The number of nitrogens with one attached hydrogen (secondary N) is 1. The summed E-state index contributed by atoms with van der Waals surface area (Å²) in [6.45, 7) is 6.56. The molecule has 0 amide bonds. The van der Waals surface area contributed by atoms with Crippen LogP contribution in [0.3, 0.4) is 0 Å². The second-order valence-corrected chi connectivity index (χ2v) is 5.31. The van der Waals surface area contributed by atoms with Gasteiger partial charge in [-0.1, -0.05) is 6.07 Å². The molecule has 17 heavy (non-hydrogen) atoms. The Morgan fingerprint density at radius 2 is 2.06 bits per heavy atom. The molecule has 0 fully saturated rings. The first kappa shape index (κ1) is 12.3. The third-order valence-electron chi connectivity index (χ3n) is 2.98. The lowest BCUT2D eigenvalue weighted by atomic mass is 10.1. The van der Waals surface area contributed by atoms with Gasteiger partial charge >= 0.3 is 0 Å². The third-order valence-corrected chi connectivity index (χ3v) is 4.18. The van der Waals surface area contributed by atoms with E-state index in [1.165, 1.54) is 16.0 Å². The SMILES string of the molecule is Cc1ccsc1C(C)N[C@H](C)c1cccnc1. The summed E-state index contributed by atoms with van der Waals surface area (Å²) in [5.41, 5.74) is 2.60. The van der Waals surface area contributed by atoms with Gasteiger partial charge in [-0.05, 0) is 49.4 Å². The fourth-order valence-electron chi connectivity index (χ4n) is 2.01. The lowest BCUT2D eigenvalue weighted by Crippen LogP contribution is -2.22. The van der Waals surface area contributed by atoms with Crippen LogP contribution in [0.25, 0.3) is 0 Å². The summed E-state index contributed by atoms with van der Waals surface area (Å²) in [6.07, 6.45) is 3.73. The van der Waals surface area contributed by atoms with Gasteiger partial charge in [0.25, 0.3) is 0 Å². The fraction of sp³-hybridized carbons (Fsp3) is 0.357. The van der Waals surface area contributed by atoms with Crippen molar-refractivity contribution in [3.8, 4) is 0 Å². The molecule has 0 spiro atoms. The van der Waals surface area contributed by atoms with Crippen LogP contribution in [-0.4, -0.2) is 4.98 Å². The second-order valence-electron chi connectivity index (χ2n) is 4.36. The van der Waals surface area contributed by atoms with Gasteiger partial charge in [0, 0.05) is 29.4 Å². The molecule has 2 nitrogen and oxygen atoms in total. The Kier molecular flexibility index (Phi) is 3.92. The maximum atomic E-state index is 4.16. The topological polar surface area (TPSA) is 24.9 Å². The highest BCUT2D eigenvalue weighted by atomic mass is 32.1. The number of thiophene rings is 1. The number of nitrogens with zero attached hydrogens (tertiary/aromatic N) is 1. The average Bonchev–Trinajstić information content (AvgIpc) is 2.76. The molecule has 1 unspecified atom stereocenters. The molecule has 0 bridgehead atoms. The van der Waals surface area contributed by atoms with Crippen molar-refractivity contribution in [3.63, 3.8) is 0 Å². The minimum Gasteiger partial charge on any atom is -0.303 e. The summed E-state index contributed by atoms with van der Waals surface area (Å²) >= 11 is 1.82. The van der Waals surface area contributed by atoms with Crippen LogP contribution in [-0.2, 0) is 0 Å². The molecule has 1 N–H and O–H groups in total. The summed E-state index contributed by atoms with van der Waals surface area (Å²) in [5.74, 6) is 0. The number of aromatic nitrogens is 1. The highest BCUT2D eigenvalue weighted by Gasteiger charge is 2.13. The molecule has 2 heterocycles. The summed E-state index contributed by atoms with van der Waals surface area (Å²) in [6, 6.07) is 6.96. The van der Waals surface area contributed by atoms with Gasteiger partial charge in [-0.15, -0.1) is 11.3 Å². The zero-order valence-electron chi connectivity index (χ0n) is 10.5. The lowest BCUT2D eigenvalue weighted by molar-refractivity contribution is 0.498. The van der Waals surface area contributed by atoms with Crippen molar-refractivity contribution in [3.05, 3.63) is 52.0 Å². The van der Waals surface area contributed by atoms with Crippen molar-refractivity contribution < 1.29 is 0 Å². The lowest BCUT2D eigenvalue weighted by Gasteiger charge is -2.20. The Morgan fingerprint density at radius 1 is 1.24 bits per heavy atom. The van der Waals surface area contributed by atoms with Gasteiger partial charge in [0.2, 0.25) is 0 Å². The Labute approximate surface area is 107 Å². The van der Waals surface area contributed by atoms with Gasteiger partial charge in [0.1, 0.15) is 0 Å². The Bertz CT molecular complexity index is 464. The molecule has 0 aliphatic carbocycles. The third kappa shape index (κ3) is 2.93. The van der Waals surface area contributed by atoms with E-state index < -0.39 is 0 Å². The van der Waals surface area contributed by atoms with Crippen LogP contribution in [0.5, 0.6) is 0 Å². The zero-order chi connectivity index (χ0) is 12.3. The molecule has 0 saturated carbocycles. The highest BCUT2D eigenvalue weighted by Crippen LogP contribution is 2.25. The monoisotopic (exact) mass is 246 g/mol. The van der Waals surface area contributed by atoms with Crippen LogP contribution >= 0.6 is 11.3 Å². The van der Waals surface area contributed by atoms with E-state index in [-0.39, 0.29) is 0 Å². The van der Waals surface area contributed by atoms with Crippen LogP contribution in [0, 0.1) is 6.92 Å². The molecule has 2 rings (SSSR count). The van der Waals surface area contributed by atoms with Crippen LogP contribution in [0.2, 0.25) is 0 Å². The second kappa shape index (κ2) is 5.43. The van der Waals surface area contributed by atoms with Crippen LogP contribution in [0.15, 0.2) is 36.0 Å². The quantitative estimate of drug-likeness (QED) is 0.886. The molecular formula is C14H18N2S. The predicted octanol–water partition coefficient (Wildman–Crippen LogP) is 3.86. The maximum Gasteiger partial charge on any atom is 0.0393 e. The molecule has 0 radical (unpaired) electrons. The van der Waals surface area contributed by atoms with Crippen molar-refractivity contribution in [2.45, 2.75) is 32.9 Å². The van der Waals surface area contributed by atoms with Crippen molar-refractivity contribution in [2.75, 3.05) is 0 Å². The fourth-order valence-corrected chi connectivity index (χ4v) is 2.95. The maximum absolute atomic E-state index is 4.16. The zero-order valence-corrected chi connectivity index (χ0v) is 11.3. The van der Waals surface area contributed by atoms with Gasteiger partial charge in [-0.3, -0.25) is 4.98 Å². The first-order valence-corrected chi connectivity index (χ1v) is 6.76. The van der Waals surface area contributed by atoms with E-state index in [0.717, 1.165) is 0 Å². The van der Waals surface area contributed by atoms with Crippen LogP contribution in [0.1, 0.15) is 41.9 Å². The molecule has 3 heteroatoms. The van der Waals surface area contributed by atoms with Gasteiger partial charge in [-0.2, -0.15) is 0 Å². The Balaban J connectivity index is 2.05. The highest BCUT2D eigenvalue weighted by molar-refractivity contribution is 7.10. The van der Waals surface area contributed by atoms with Gasteiger partial charge < -0.3 is 5.32 Å². The molecule has 2 aromatic heterocycles. The molecule has 0 aliphatic heterocycles. The van der Waals surface area contributed by atoms with E-state index in [1.54, 1.807) is 0 Å². The number of aryl methyl sites for hydroxylation is 1. The van der Waals surface area contributed by atoms with Crippen LogP contribution < -0.4 is 5.32 Å². The molecule has 90 valence electrons. The molecule has 0 aliphatic rings. The van der Waals surface area contributed by atoms with E-state index in [2.05, 4.69) is 48.6 Å². The number of rotatable bonds is 4. The molecule has 2 atom stereocenters. The molecule has 2 aromatic rings. The van der Waals surface area contributed by atoms with Gasteiger partial charge in [-0.25, -0.2) is 0 Å². The first-order valence-electron chi connectivity index (χ1n) is 5.88. The standard InChI is InChI=1S/C14H18N2S/c1-10-6-8-17-14(10)12(3)16-11(2)13-5-4-7-15-9-13/h4-9,11-12,16H,1-3H3/t11-,12?/m1/s1. The summed E-state index contributed by atoms with van der Waals surface area (Å²) in [4.78, 5) is 5.57. The number of hydrogen-bond acceptors (Lipinski definition) is 3. The average molecular weight is 246 g/mol. The van der Waals surface area contributed by atoms with Crippen molar-refractivity contribution in [2.24, 2.45) is 0 Å². The number of hydrogen-bond donors (Lipinski definition) is 1. The number of pyridine rings is 1. The van der Waals surface area contributed by atoms with Crippen molar-refractivity contribution in [1.82, 2.24) is 10.3 Å². The van der Waals surface area contributed by atoms with Crippen molar-refractivity contribution in [1.29, 1.82) is 0 Å². The Hall–Kier alpha value is -1.19. The van der Waals surface area contributed by atoms with Gasteiger partial charge in [0.05, 0.1) is 0 Å². The van der Waals surface area contributed by atoms with Crippen LogP contribution in [0.4, 0.5) is 0 Å². The minimum atomic E-state index is 0.320. The van der Waals surface area contributed by atoms with Crippen molar-refractivity contribution >= 4 is 11.3 Å². The van der Waals surface area contributed by atoms with Gasteiger partial charge in [0.15, 0.2) is 0 Å². The Morgan fingerprint density at radius 3 is 2.65 bits per heavy atom. The summed E-state index contributed by atoms with van der Waals surface area (Å²) < 4.78 is 0. The normalized spacial score (nSPS) is 14.5. The van der Waals surface area contributed by atoms with E-state index in [9.17, 15) is 0 Å².